The molecule has 0 aromatic heterocycles. The minimum Gasteiger partial charge on any atom is -0.374 e. The van der Waals surface area contributed by atoms with E-state index in [9.17, 15) is 0 Å². The Morgan fingerprint density at radius 1 is 1.17 bits per heavy atom. The van der Waals surface area contributed by atoms with Crippen molar-refractivity contribution in [1.29, 1.82) is 0 Å². The second-order valence-electron chi connectivity index (χ2n) is 5.42. The highest BCUT2D eigenvalue weighted by Gasteiger charge is 2.44. The number of nitrogens with zero attached hydrogens (tertiary/aromatic N) is 1. The Morgan fingerprint density at radius 2 is 1.83 bits per heavy atom. The molecule has 0 spiro atoms. The minimum absolute atomic E-state index is 0.0492. The van der Waals surface area contributed by atoms with Crippen molar-refractivity contribution < 1.29 is 4.74 Å². The third-order valence-corrected chi connectivity index (χ3v) is 4.19. The van der Waals surface area contributed by atoms with Gasteiger partial charge >= 0.3 is 0 Å². The summed E-state index contributed by atoms with van der Waals surface area (Å²) in [7, 11) is 1.82. The standard InChI is InChI=1S/C15H22N2O/c1-18-15(6-7-15)14-4-2-13(3-5-14)12-17-10-8-16-9-11-17/h2-5,16H,6-12H2,1H3. The molecule has 0 radical (unpaired) electrons. The molecular weight excluding hydrogens is 224 g/mol. The van der Waals surface area contributed by atoms with Crippen LogP contribution in [0.1, 0.15) is 24.0 Å². The third-order valence-electron chi connectivity index (χ3n) is 4.19. The summed E-state index contributed by atoms with van der Waals surface area (Å²) < 4.78 is 5.61. The van der Waals surface area contributed by atoms with Crippen molar-refractivity contribution in [2.75, 3.05) is 33.3 Å². The zero-order chi connectivity index (χ0) is 12.4. The number of piperazine rings is 1. The third kappa shape index (κ3) is 2.44. The Balaban J connectivity index is 1.64. The van der Waals surface area contributed by atoms with E-state index in [0.29, 0.717) is 0 Å². The summed E-state index contributed by atoms with van der Waals surface area (Å²) in [5.74, 6) is 0. The topological polar surface area (TPSA) is 24.5 Å². The number of methoxy groups -OCH3 is 1. The number of nitrogens with one attached hydrogen (secondary N) is 1. The van der Waals surface area contributed by atoms with Crippen molar-refractivity contribution in [2.45, 2.75) is 25.0 Å². The second kappa shape index (κ2) is 5.00. The molecular formula is C15H22N2O. The lowest BCUT2D eigenvalue weighted by Crippen LogP contribution is -2.42. The Kier molecular flexibility index (Phi) is 3.37. The summed E-state index contributed by atoms with van der Waals surface area (Å²) in [5, 5.41) is 3.39. The summed E-state index contributed by atoms with van der Waals surface area (Å²) in [6.45, 7) is 5.62. The van der Waals surface area contributed by atoms with Gasteiger partial charge < -0.3 is 10.1 Å². The molecule has 3 heteroatoms. The van der Waals surface area contributed by atoms with Crippen molar-refractivity contribution in [2.24, 2.45) is 0 Å². The molecule has 1 aliphatic heterocycles. The number of benzene rings is 1. The van der Waals surface area contributed by atoms with Crippen molar-refractivity contribution in [3.8, 4) is 0 Å². The molecule has 0 unspecified atom stereocenters. The number of rotatable bonds is 4. The molecule has 3 nitrogen and oxygen atoms in total. The molecule has 1 N–H and O–H groups in total. The molecule has 18 heavy (non-hydrogen) atoms. The first-order valence-corrected chi connectivity index (χ1v) is 6.90. The lowest BCUT2D eigenvalue weighted by molar-refractivity contribution is 0.0789. The van der Waals surface area contributed by atoms with E-state index in [2.05, 4.69) is 34.5 Å². The molecule has 98 valence electrons. The van der Waals surface area contributed by atoms with Gasteiger partial charge in [0, 0.05) is 39.8 Å². The van der Waals surface area contributed by atoms with Crippen LogP contribution >= 0.6 is 0 Å². The maximum Gasteiger partial charge on any atom is 0.0929 e. The largest absolute Gasteiger partial charge is 0.374 e. The average Bonchev–Trinajstić information content (AvgIpc) is 3.22. The minimum atomic E-state index is 0.0492. The van der Waals surface area contributed by atoms with E-state index in [1.165, 1.54) is 24.0 Å². The molecule has 2 aliphatic rings. The van der Waals surface area contributed by atoms with E-state index in [4.69, 9.17) is 4.74 Å². The summed E-state index contributed by atoms with van der Waals surface area (Å²) in [6.07, 6.45) is 2.33. The van der Waals surface area contributed by atoms with Crippen LogP contribution in [-0.2, 0) is 16.9 Å². The molecule has 1 heterocycles. The lowest BCUT2D eigenvalue weighted by Gasteiger charge is -2.27. The van der Waals surface area contributed by atoms with Gasteiger partial charge in [0.2, 0.25) is 0 Å². The Labute approximate surface area is 109 Å². The molecule has 1 saturated heterocycles. The van der Waals surface area contributed by atoms with Crippen molar-refractivity contribution in [3.05, 3.63) is 35.4 Å². The monoisotopic (exact) mass is 246 g/mol. The molecule has 1 aliphatic carbocycles. The van der Waals surface area contributed by atoms with E-state index in [-0.39, 0.29) is 5.60 Å². The van der Waals surface area contributed by atoms with E-state index in [0.717, 1.165) is 32.7 Å². The van der Waals surface area contributed by atoms with E-state index >= 15 is 0 Å². The van der Waals surface area contributed by atoms with Gasteiger partial charge in [-0.25, -0.2) is 0 Å². The fourth-order valence-electron chi connectivity index (χ4n) is 2.77. The summed E-state index contributed by atoms with van der Waals surface area (Å²) in [4.78, 5) is 2.51. The SMILES string of the molecule is COC1(c2ccc(CN3CCNCC3)cc2)CC1. The van der Waals surface area contributed by atoms with Crippen molar-refractivity contribution in [3.63, 3.8) is 0 Å². The first kappa shape index (κ1) is 12.2. The first-order chi connectivity index (χ1) is 8.82. The van der Waals surface area contributed by atoms with E-state index in [1.54, 1.807) is 0 Å². The fraction of sp³-hybridized carbons (Fsp3) is 0.600. The first-order valence-electron chi connectivity index (χ1n) is 6.90. The van der Waals surface area contributed by atoms with Crippen LogP contribution in [0.5, 0.6) is 0 Å². The molecule has 2 fully saturated rings. The van der Waals surface area contributed by atoms with Crippen LogP contribution in [0.4, 0.5) is 0 Å². The van der Waals surface area contributed by atoms with Crippen molar-refractivity contribution >= 4 is 0 Å². The van der Waals surface area contributed by atoms with E-state index < -0.39 is 0 Å². The normalized spacial score (nSPS) is 22.9. The van der Waals surface area contributed by atoms with Crippen LogP contribution in [0, 0.1) is 0 Å². The van der Waals surface area contributed by atoms with Crippen LogP contribution in [-0.4, -0.2) is 38.2 Å². The molecule has 0 amide bonds. The van der Waals surface area contributed by atoms with Gasteiger partial charge in [0.15, 0.2) is 0 Å². The smallest absolute Gasteiger partial charge is 0.0929 e. The highest BCUT2D eigenvalue weighted by molar-refractivity contribution is 5.31. The maximum absolute atomic E-state index is 5.61. The van der Waals surface area contributed by atoms with Gasteiger partial charge in [-0.05, 0) is 24.0 Å². The zero-order valence-corrected chi connectivity index (χ0v) is 11.1. The zero-order valence-electron chi connectivity index (χ0n) is 11.1. The van der Waals surface area contributed by atoms with Crippen molar-refractivity contribution in [1.82, 2.24) is 10.2 Å². The summed E-state index contributed by atoms with van der Waals surface area (Å²) in [5.41, 5.74) is 2.80. The fourth-order valence-corrected chi connectivity index (χ4v) is 2.77. The van der Waals surface area contributed by atoms with Crippen LogP contribution in [0.15, 0.2) is 24.3 Å². The van der Waals surface area contributed by atoms with Crippen LogP contribution < -0.4 is 5.32 Å². The molecule has 3 rings (SSSR count). The summed E-state index contributed by atoms with van der Waals surface area (Å²) in [6, 6.07) is 9.01. The van der Waals surface area contributed by atoms with E-state index in [1.807, 2.05) is 7.11 Å². The molecule has 1 aromatic rings. The Morgan fingerprint density at radius 3 is 2.39 bits per heavy atom. The van der Waals surface area contributed by atoms with Gasteiger partial charge in [-0.15, -0.1) is 0 Å². The van der Waals surface area contributed by atoms with Gasteiger partial charge in [0.1, 0.15) is 0 Å². The average molecular weight is 246 g/mol. The molecule has 1 aromatic carbocycles. The maximum atomic E-state index is 5.61. The van der Waals surface area contributed by atoms with Crippen LogP contribution in [0.2, 0.25) is 0 Å². The number of hydrogen-bond acceptors (Lipinski definition) is 3. The van der Waals surface area contributed by atoms with Gasteiger partial charge in [-0.2, -0.15) is 0 Å². The Hall–Kier alpha value is -0.900. The predicted molar refractivity (Wildman–Crippen MR) is 72.5 cm³/mol. The highest BCUT2D eigenvalue weighted by Crippen LogP contribution is 2.48. The number of ether oxygens (including phenoxy) is 1. The highest BCUT2D eigenvalue weighted by atomic mass is 16.5. The molecule has 0 atom stereocenters. The predicted octanol–water partition coefficient (Wildman–Crippen LogP) is 1.73. The molecule has 1 saturated carbocycles. The molecule has 0 bridgehead atoms. The quantitative estimate of drug-likeness (QED) is 0.875. The van der Waals surface area contributed by atoms with Crippen LogP contribution in [0.25, 0.3) is 0 Å². The van der Waals surface area contributed by atoms with Crippen LogP contribution in [0.3, 0.4) is 0 Å². The lowest BCUT2D eigenvalue weighted by atomic mass is 10.0. The Bertz CT molecular complexity index is 391. The number of hydrogen-bond donors (Lipinski definition) is 1. The van der Waals surface area contributed by atoms with Gasteiger partial charge in [0.25, 0.3) is 0 Å². The van der Waals surface area contributed by atoms with Gasteiger partial charge in [0.05, 0.1) is 5.60 Å². The van der Waals surface area contributed by atoms with Gasteiger partial charge in [-0.1, -0.05) is 24.3 Å². The van der Waals surface area contributed by atoms with Gasteiger partial charge in [-0.3, -0.25) is 4.90 Å². The second-order valence-corrected chi connectivity index (χ2v) is 5.42. The summed E-state index contributed by atoms with van der Waals surface area (Å²) >= 11 is 0.